The molecule has 1 saturated heterocycles. The fourth-order valence-corrected chi connectivity index (χ4v) is 1.81. The van der Waals surface area contributed by atoms with E-state index in [-0.39, 0.29) is 12.6 Å². The van der Waals surface area contributed by atoms with Gasteiger partial charge >= 0.3 is 6.09 Å². The van der Waals surface area contributed by atoms with E-state index in [1.807, 2.05) is 12.2 Å². The molecule has 5 heteroatoms. The molecule has 1 heterocycles. The Kier molecular flexibility index (Phi) is 4.32. The van der Waals surface area contributed by atoms with E-state index in [2.05, 4.69) is 0 Å². The molecule has 1 atom stereocenters. The Morgan fingerprint density at radius 3 is 2.88 bits per heavy atom. The van der Waals surface area contributed by atoms with Crippen molar-refractivity contribution >= 4 is 6.09 Å². The van der Waals surface area contributed by atoms with Gasteiger partial charge in [0.1, 0.15) is 5.72 Å². The average Bonchev–Trinajstić information content (AvgIpc) is 2.48. The second-order valence-electron chi connectivity index (χ2n) is 4.27. The second-order valence-corrected chi connectivity index (χ2v) is 4.27. The molecule has 0 unspecified atom stereocenters. The smallest absolute Gasteiger partial charge is 0.410 e. The molecule has 0 aromatic carbocycles. The Bertz CT molecular complexity index is 275. The number of aliphatic hydroxyl groups is 1. The molecule has 0 aromatic rings. The molecule has 16 heavy (non-hydrogen) atoms. The molecule has 0 spiro atoms. The summed E-state index contributed by atoms with van der Waals surface area (Å²) in [6.45, 7) is 4.01. The van der Waals surface area contributed by atoms with E-state index in [0.717, 1.165) is 6.42 Å². The summed E-state index contributed by atoms with van der Waals surface area (Å²) >= 11 is 0. The van der Waals surface area contributed by atoms with Crippen LogP contribution in [0.4, 0.5) is 4.79 Å². The standard InChI is InChI=1S/C11H19NO4/c1-11(2)12(10(14)15)9(8-16-11)6-4-3-5-7-13/h4,6,9,13H,3,5,7-8H2,1-2H3,(H,14,15)/t9-/m1/s1. The first-order valence-corrected chi connectivity index (χ1v) is 5.43. The van der Waals surface area contributed by atoms with E-state index >= 15 is 0 Å². The Morgan fingerprint density at radius 2 is 2.31 bits per heavy atom. The quantitative estimate of drug-likeness (QED) is 0.565. The van der Waals surface area contributed by atoms with Crippen LogP contribution in [-0.4, -0.2) is 46.2 Å². The lowest BCUT2D eigenvalue weighted by Gasteiger charge is -2.29. The molecule has 2 N–H and O–H groups in total. The first-order chi connectivity index (χ1) is 7.49. The van der Waals surface area contributed by atoms with Crippen LogP contribution in [0.15, 0.2) is 12.2 Å². The molecule has 5 nitrogen and oxygen atoms in total. The number of hydrogen-bond donors (Lipinski definition) is 2. The molecular formula is C11H19NO4. The van der Waals surface area contributed by atoms with Crippen LogP contribution < -0.4 is 0 Å². The Morgan fingerprint density at radius 1 is 1.62 bits per heavy atom. The summed E-state index contributed by atoms with van der Waals surface area (Å²) in [5.41, 5.74) is -0.766. The van der Waals surface area contributed by atoms with Gasteiger partial charge in [0.15, 0.2) is 0 Å². The molecule has 1 amide bonds. The minimum Gasteiger partial charge on any atom is -0.465 e. The van der Waals surface area contributed by atoms with Crippen molar-refractivity contribution in [1.29, 1.82) is 0 Å². The van der Waals surface area contributed by atoms with Crippen LogP contribution in [0.25, 0.3) is 0 Å². The van der Waals surface area contributed by atoms with Gasteiger partial charge in [0.2, 0.25) is 0 Å². The zero-order valence-electron chi connectivity index (χ0n) is 9.72. The number of rotatable bonds is 4. The molecule has 1 aliphatic rings. The highest BCUT2D eigenvalue weighted by atomic mass is 16.5. The van der Waals surface area contributed by atoms with Gasteiger partial charge < -0.3 is 14.9 Å². The predicted octanol–water partition coefficient (Wildman–Crippen LogP) is 1.43. The van der Waals surface area contributed by atoms with Gasteiger partial charge in [0, 0.05) is 6.61 Å². The van der Waals surface area contributed by atoms with Crippen molar-refractivity contribution in [1.82, 2.24) is 4.90 Å². The van der Waals surface area contributed by atoms with Crippen LogP contribution in [0.5, 0.6) is 0 Å². The minimum absolute atomic E-state index is 0.152. The second kappa shape index (κ2) is 5.32. The summed E-state index contributed by atoms with van der Waals surface area (Å²) in [7, 11) is 0. The zero-order chi connectivity index (χ0) is 12.2. The van der Waals surface area contributed by atoms with Crippen molar-refractivity contribution in [3.05, 3.63) is 12.2 Å². The maximum Gasteiger partial charge on any atom is 0.410 e. The van der Waals surface area contributed by atoms with E-state index in [1.54, 1.807) is 13.8 Å². The average molecular weight is 229 g/mol. The molecule has 1 rings (SSSR count). The van der Waals surface area contributed by atoms with Gasteiger partial charge in [-0.3, -0.25) is 4.90 Å². The van der Waals surface area contributed by atoms with E-state index in [4.69, 9.17) is 14.9 Å². The lowest BCUT2D eigenvalue weighted by atomic mass is 10.2. The number of amides is 1. The first kappa shape index (κ1) is 13.0. The number of ether oxygens (including phenoxy) is 1. The lowest BCUT2D eigenvalue weighted by molar-refractivity contribution is -0.0409. The van der Waals surface area contributed by atoms with E-state index in [9.17, 15) is 4.79 Å². The Hall–Kier alpha value is -1.07. The molecule has 92 valence electrons. The summed E-state index contributed by atoms with van der Waals surface area (Å²) in [5.74, 6) is 0. The number of hydrogen-bond acceptors (Lipinski definition) is 3. The van der Waals surface area contributed by atoms with Gasteiger partial charge in [0.05, 0.1) is 12.6 Å². The van der Waals surface area contributed by atoms with Gasteiger partial charge in [-0.25, -0.2) is 4.79 Å². The molecule has 0 radical (unpaired) electrons. The summed E-state index contributed by atoms with van der Waals surface area (Å²) < 4.78 is 5.43. The van der Waals surface area contributed by atoms with Gasteiger partial charge in [0.25, 0.3) is 0 Å². The van der Waals surface area contributed by atoms with Crippen molar-refractivity contribution < 1.29 is 19.7 Å². The fraction of sp³-hybridized carbons (Fsp3) is 0.727. The van der Waals surface area contributed by atoms with Crippen LogP contribution in [-0.2, 0) is 4.74 Å². The van der Waals surface area contributed by atoms with Crippen molar-refractivity contribution in [3.8, 4) is 0 Å². The number of allylic oxidation sites excluding steroid dienone is 1. The highest BCUT2D eigenvalue weighted by molar-refractivity contribution is 5.67. The molecule has 0 saturated carbocycles. The molecule has 0 aliphatic carbocycles. The van der Waals surface area contributed by atoms with Crippen molar-refractivity contribution in [2.75, 3.05) is 13.2 Å². The van der Waals surface area contributed by atoms with E-state index in [1.165, 1.54) is 4.90 Å². The van der Waals surface area contributed by atoms with Crippen LogP contribution in [0.1, 0.15) is 26.7 Å². The zero-order valence-corrected chi connectivity index (χ0v) is 9.72. The number of unbranched alkanes of at least 4 members (excludes halogenated alkanes) is 1. The first-order valence-electron chi connectivity index (χ1n) is 5.43. The van der Waals surface area contributed by atoms with Gasteiger partial charge in [-0.15, -0.1) is 0 Å². The molecule has 1 aliphatic heterocycles. The van der Waals surface area contributed by atoms with Gasteiger partial charge in [-0.05, 0) is 26.7 Å². The number of nitrogens with zero attached hydrogens (tertiary/aromatic N) is 1. The summed E-state index contributed by atoms with van der Waals surface area (Å²) in [4.78, 5) is 12.4. The predicted molar refractivity (Wildman–Crippen MR) is 59.1 cm³/mol. The third-order valence-electron chi connectivity index (χ3n) is 2.61. The number of carboxylic acid groups (broad SMARTS) is 1. The van der Waals surface area contributed by atoms with Crippen molar-refractivity contribution in [3.63, 3.8) is 0 Å². The number of aliphatic hydroxyl groups excluding tert-OH is 1. The third kappa shape index (κ3) is 2.96. The summed E-state index contributed by atoms with van der Waals surface area (Å²) in [6, 6.07) is -0.230. The highest BCUT2D eigenvalue weighted by Crippen LogP contribution is 2.27. The maximum absolute atomic E-state index is 11.1. The fourth-order valence-electron chi connectivity index (χ4n) is 1.81. The van der Waals surface area contributed by atoms with Crippen molar-refractivity contribution in [2.45, 2.75) is 38.5 Å². The van der Waals surface area contributed by atoms with Crippen LogP contribution in [0.2, 0.25) is 0 Å². The minimum atomic E-state index is -0.973. The van der Waals surface area contributed by atoms with Gasteiger partial charge in [-0.2, -0.15) is 0 Å². The lowest BCUT2D eigenvalue weighted by Crippen LogP contribution is -2.46. The Balaban J connectivity index is 2.60. The normalized spacial score (nSPS) is 24.2. The number of carbonyl (C=O) groups is 1. The van der Waals surface area contributed by atoms with Crippen molar-refractivity contribution in [2.24, 2.45) is 0 Å². The topological polar surface area (TPSA) is 70.0 Å². The SMILES string of the molecule is CC1(C)OC[C@@H](C=CCCCO)N1C(=O)O. The monoisotopic (exact) mass is 229 g/mol. The van der Waals surface area contributed by atoms with E-state index in [0.29, 0.717) is 13.0 Å². The molecule has 0 bridgehead atoms. The van der Waals surface area contributed by atoms with Crippen LogP contribution in [0.3, 0.4) is 0 Å². The van der Waals surface area contributed by atoms with Crippen LogP contribution in [0, 0.1) is 0 Å². The summed E-state index contributed by atoms with van der Waals surface area (Å²) in [5, 5.41) is 17.7. The van der Waals surface area contributed by atoms with Crippen LogP contribution >= 0.6 is 0 Å². The Labute approximate surface area is 95.3 Å². The highest BCUT2D eigenvalue weighted by Gasteiger charge is 2.42. The molecule has 0 aromatic heterocycles. The molecular weight excluding hydrogens is 210 g/mol. The maximum atomic E-state index is 11.1. The summed E-state index contributed by atoms with van der Waals surface area (Å²) in [6.07, 6.45) is 4.20. The molecule has 1 fully saturated rings. The van der Waals surface area contributed by atoms with E-state index < -0.39 is 11.8 Å². The van der Waals surface area contributed by atoms with Gasteiger partial charge in [-0.1, -0.05) is 12.2 Å². The largest absolute Gasteiger partial charge is 0.465 e. The third-order valence-corrected chi connectivity index (χ3v) is 2.61.